The molecule has 2 aromatic carbocycles. The Balaban J connectivity index is 1.54. The lowest BCUT2D eigenvalue weighted by atomic mass is 9.78. The highest BCUT2D eigenvalue weighted by atomic mass is 16.3. The molecular formula is C21H24N2O. The van der Waals surface area contributed by atoms with Crippen LogP contribution in [0.2, 0.25) is 0 Å². The van der Waals surface area contributed by atoms with Crippen LogP contribution in [-0.2, 0) is 0 Å². The monoisotopic (exact) mass is 320 g/mol. The van der Waals surface area contributed by atoms with Crippen molar-refractivity contribution in [2.75, 3.05) is 5.73 Å². The molecule has 0 amide bonds. The van der Waals surface area contributed by atoms with Crippen LogP contribution < -0.4 is 5.73 Å². The van der Waals surface area contributed by atoms with E-state index in [0.717, 1.165) is 22.6 Å². The van der Waals surface area contributed by atoms with Crippen molar-refractivity contribution in [3.8, 4) is 11.5 Å². The molecule has 1 aliphatic carbocycles. The van der Waals surface area contributed by atoms with Crippen LogP contribution in [0.25, 0.3) is 22.6 Å². The molecule has 0 spiro atoms. The fourth-order valence-corrected chi connectivity index (χ4v) is 3.87. The van der Waals surface area contributed by atoms with Crippen LogP contribution in [0, 0.1) is 5.92 Å². The fraction of sp³-hybridized carbons (Fsp3) is 0.381. The van der Waals surface area contributed by atoms with Gasteiger partial charge < -0.3 is 10.2 Å². The zero-order valence-electron chi connectivity index (χ0n) is 14.2. The van der Waals surface area contributed by atoms with Crippen molar-refractivity contribution in [2.45, 2.75) is 44.9 Å². The van der Waals surface area contributed by atoms with Crippen LogP contribution in [-0.4, -0.2) is 4.98 Å². The molecule has 4 rings (SSSR count). The van der Waals surface area contributed by atoms with Gasteiger partial charge in [0.05, 0.1) is 0 Å². The van der Waals surface area contributed by atoms with Crippen LogP contribution in [0.3, 0.4) is 0 Å². The smallest absolute Gasteiger partial charge is 0.227 e. The van der Waals surface area contributed by atoms with Gasteiger partial charge in [-0.1, -0.05) is 25.5 Å². The fourth-order valence-electron chi connectivity index (χ4n) is 3.87. The van der Waals surface area contributed by atoms with Gasteiger partial charge in [-0.2, -0.15) is 0 Å². The summed E-state index contributed by atoms with van der Waals surface area (Å²) in [5.74, 6) is 2.31. The van der Waals surface area contributed by atoms with Gasteiger partial charge in [0.25, 0.3) is 0 Å². The van der Waals surface area contributed by atoms with Crippen molar-refractivity contribution in [3.63, 3.8) is 0 Å². The lowest BCUT2D eigenvalue weighted by Crippen LogP contribution is -2.12. The predicted molar refractivity (Wildman–Crippen MR) is 98.8 cm³/mol. The number of benzene rings is 2. The number of nitrogens with zero attached hydrogens (tertiary/aromatic N) is 1. The number of aromatic nitrogens is 1. The predicted octanol–water partition coefficient (Wildman–Crippen LogP) is 5.76. The van der Waals surface area contributed by atoms with Crippen LogP contribution in [0.5, 0.6) is 0 Å². The molecule has 0 atom stereocenters. The van der Waals surface area contributed by atoms with Crippen molar-refractivity contribution < 1.29 is 4.42 Å². The highest BCUT2D eigenvalue weighted by Gasteiger charge is 2.21. The lowest BCUT2D eigenvalue weighted by Gasteiger charge is -2.28. The molecule has 0 radical (unpaired) electrons. The van der Waals surface area contributed by atoms with Crippen LogP contribution in [0.1, 0.15) is 50.5 Å². The summed E-state index contributed by atoms with van der Waals surface area (Å²) in [6.07, 6.45) is 6.71. The van der Waals surface area contributed by atoms with Crippen molar-refractivity contribution in [3.05, 3.63) is 48.0 Å². The highest BCUT2D eigenvalue weighted by molar-refractivity contribution is 5.79. The van der Waals surface area contributed by atoms with Gasteiger partial charge >= 0.3 is 0 Å². The molecule has 0 saturated heterocycles. The third-order valence-corrected chi connectivity index (χ3v) is 5.46. The Morgan fingerprint density at radius 1 is 1.04 bits per heavy atom. The first kappa shape index (κ1) is 15.3. The largest absolute Gasteiger partial charge is 0.436 e. The normalized spacial score (nSPS) is 21.2. The summed E-state index contributed by atoms with van der Waals surface area (Å²) in [6.45, 7) is 2.31. The van der Waals surface area contributed by atoms with Crippen LogP contribution in [0.15, 0.2) is 46.9 Å². The number of fused-ring (bicyclic) bond motifs is 1. The first-order chi connectivity index (χ1) is 11.7. The van der Waals surface area contributed by atoms with E-state index < -0.39 is 0 Å². The molecule has 0 unspecified atom stereocenters. The summed E-state index contributed by atoms with van der Waals surface area (Å²) in [7, 11) is 0. The average Bonchev–Trinajstić information content (AvgIpc) is 3.05. The molecule has 0 bridgehead atoms. The molecule has 1 fully saturated rings. The van der Waals surface area contributed by atoms with E-state index in [9.17, 15) is 0 Å². The standard InChI is InChI=1S/C21H24N2O/c1-2-14-3-5-15(6-4-14)16-7-9-17(10-8-16)21-23-19-13-18(22)11-12-20(19)24-21/h7-15H,2-6,22H2,1H3/t14-,15-. The van der Waals surface area contributed by atoms with E-state index in [-0.39, 0.29) is 0 Å². The Morgan fingerprint density at radius 3 is 2.50 bits per heavy atom. The van der Waals surface area contributed by atoms with E-state index in [1.165, 1.54) is 37.7 Å². The van der Waals surface area contributed by atoms with E-state index in [1.54, 1.807) is 0 Å². The molecule has 3 heteroatoms. The number of hydrogen-bond acceptors (Lipinski definition) is 3. The van der Waals surface area contributed by atoms with Gasteiger partial charge in [-0.05, 0) is 73.4 Å². The Hall–Kier alpha value is -2.29. The molecule has 3 aromatic rings. The number of nitrogen functional groups attached to an aromatic ring is 1. The van der Waals surface area contributed by atoms with E-state index in [4.69, 9.17) is 10.2 Å². The summed E-state index contributed by atoms with van der Waals surface area (Å²) in [5.41, 5.74) is 10.6. The Morgan fingerprint density at radius 2 is 1.79 bits per heavy atom. The van der Waals surface area contributed by atoms with Crippen molar-refractivity contribution in [1.82, 2.24) is 4.98 Å². The van der Waals surface area contributed by atoms with Gasteiger partial charge in [0.1, 0.15) is 5.52 Å². The Bertz CT molecular complexity index is 827. The average molecular weight is 320 g/mol. The molecular weight excluding hydrogens is 296 g/mol. The number of oxazole rings is 1. The third-order valence-electron chi connectivity index (χ3n) is 5.46. The van der Waals surface area contributed by atoms with Crippen LogP contribution >= 0.6 is 0 Å². The topological polar surface area (TPSA) is 52.0 Å². The Labute approximate surface area is 142 Å². The van der Waals surface area contributed by atoms with Gasteiger partial charge in [0, 0.05) is 11.3 Å². The summed E-state index contributed by atoms with van der Waals surface area (Å²) in [5, 5.41) is 0. The van der Waals surface area contributed by atoms with Gasteiger partial charge in [0.15, 0.2) is 5.58 Å². The second kappa shape index (κ2) is 6.31. The van der Waals surface area contributed by atoms with Crippen molar-refractivity contribution >= 4 is 16.8 Å². The molecule has 1 heterocycles. The van der Waals surface area contributed by atoms with Gasteiger partial charge in [-0.15, -0.1) is 0 Å². The minimum Gasteiger partial charge on any atom is -0.436 e. The van der Waals surface area contributed by atoms with Crippen molar-refractivity contribution in [2.24, 2.45) is 5.92 Å². The van der Waals surface area contributed by atoms with Crippen molar-refractivity contribution in [1.29, 1.82) is 0 Å². The zero-order chi connectivity index (χ0) is 16.5. The van der Waals surface area contributed by atoms with E-state index in [2.05, 4.69) is 36.2 Å². The van der Waals surface area contributed by atoms with E-state index in [0.29, 0.717) is 17.5 Å². The molecule has 1 aliphatic rings. The maximum Gasteiger partial charge on any atom is 0.227 e. The summed E-state index contributed by atoms with van der Waals surface area (Å²) >= 11 is 0. The van der Waals surface area contributed by atoms with Gasteiger partial charge in [0.2, 0.25) is 5.89 Å². The number of hydrogen-bond donors (Lipinski definition) is 1. The van der Waals surface area contributed by atoms with Gasteiger partial charge in [-0.3, -0.25) is 0 Å². The first-order valence-corrected chi connectivity index (χ1v) is 8.99. The SMILES string of the molecule is CC[C@H]1CC[C@H](c2ccc(-c3nc4cc(N)ccc4o3)cc2)CC1. The zero-order valence-corrected chi connectivity index (χ0v) is 14.2. The molecule has 124 valence electrons. The molecule has 0 aliphatic heterocycles. The van der Waals surface area contributed by atoms with E-state index in [1.807, 2.05) is 18.2 Å². The maximum atomic E-state index is 5.86. The summed E-state index contributed by atoms with van der Waals surface area (Å²) < 4.78 is 5.86. The first-order valence-electron chi connectivity index (χ1n) is 8.99. The number of anilines is 1. The number of nitrogens with two attached hydrogens (primary N) is 1. The Kier molecular flexibility index (Phi) is 4.01. The molecule has 3 nitrogen and oxygen atoms in total. The highest BCUT2D eigenvalue weighted by Crippen LogP contribution is 2.37. The van der Waals surface area contributed by atoms with E-state index >= 15 is 0 Å². The summed E-state index contributed by atoms with van der Waals surface area (Å²) in [6, 6.07) is 14.3. The minimum absolute atomic E-state index is 0.664. The quantitative estimate of drug-likeness (QED) is 0.624. The molecule has 2 N–H and O–H groups in total. The van der Waals surface area contributed by atoms with Crippen LogP contribution in [0.4, 0.5) is 5.69 Å². The third kappa shape index (κ3) is 2.91. The number of rotatable bonds is 3. The maximum absolute atomic E-state index is 5.86. The second-order valence-corrected chi connectivity index (χ2v) is 6.99. The molecule has 24 heavy (non-hydrogen) atoms. The lowest BCUT2D eigenvalue weighted by molar-refractivity contribution is 0.319. The molecule has 1 saturated carbocycles. The summed E-state index contributed by atoms with van der Waals surface area (Å²) in [4.78, 5) is 4.56. The van der Waals surface area contributed by atoms with Gasteiger partial charge in [-0.25, -0.2) is 4.98 Å². The second-order valence-electron chi connectivity index (χ2n) is 6.99. The molecule has 1 aromatic heterocycles. The minimum atomic E-state index is 0.664.